The molecule has 1 unspecified atom stereocenters. The minimum Gasteiger partial charge on any atom is -0.429 e. The first kappa shape index (κ1) is 17.7. The number of nitrogens with zero attached hydrogens (tertiary/aromatic N) is 2. The molecule has 0 aromatic carbocycles. The molecule has 0 fully saturated rings. The number of allylic oxidation sites excluding steroid dienone is 4. The summed E-state index contributed by atoms with van der Waals surface area (Å²) in [6.07, 6.45) is -3.49. The van der Waals surface area contributed by atoms with Crippen molar-refractivity contribution in [2.24, 2.45) is 21.6 Å². The van der Waals surface area contributed by atoms with Crippen LogP contribution in [0.5, 0.6) is 0 Å². The first-order valence-electron chi connectivity index (χ1n) is 5.98. The second kappa shape index (κ2) is 7.06. The second-order valence-electron chi connectivity index (χ2n) is 4.52. The van der Waals surface area contributed by atoms with E-state index in [4.69, 9.17) is 10.5 Å². The minimum atomic E-state index is -4.68. The van der Waals surface area contributed by atoms with Gasteiger partial charge in [-0.2, -0.15) is 18.2 Å². The Balaban J connectivity index is 2.94. The van der Waals surface area contributed by atoms with Gasteiger partial charge in [-0.15, -0.1) is 0 Å². The molecule has 0 amide bonds. The maximum absolute atomic E-state index is 13.2. The predicted molar refractivity (Wildman–Crippen MR) is 75.6 cm³/mol. The van der Waals surface area contributed by atoms with Gasteiger partial charge in [0.05, 0.1) is 0 Å². The van der Waals surface area contributed by atoms with Crippen molar-refractivity contribution in [3.05, 3.63) is 23.7 Å². The van der Waals surface area contributed by atoms with Gasteiger partial charge in [0.25, 0.3) is 0 Å². The molecule has 0 radical (unpaired) electrons. The van der Waals surface area contributed by atoms with Crippen molar-refractivity contribution in [1.82, 2.24) is 0 Å². The van der Waals surface area contributed by atoms with E-state index in [1.807, 2.05) is 0 Å². The van der Waals surface area contributed by atoms with E-state index in [9.17, 15) is 17.6 Å². The largest absolute Gasteiger partial charge is 0.429 e. The summed E-state index contributed by atoms with van der Waals surface area (Å²) < 4.78 is 56.4. The van der Waals surface area contributed by atoms with Crippen molar-refractivity contribution in [2.45, 2.75) is 32.5 Å². The number of halogens is 5. The lowest BCUT2D eigenvalue weighted by Gasteiger charge is -2.22. The molecule has 0 heterocycles. The summed E-state index contributed by atoms with van der Waals surface area (Å²) in [7, 11) is 0. The molecule has 0 aromatic heterocycles. The van der Waals surface area contributed by atoms with Gasteiger partial charge in [-0.05, 0) is 41.9 Å². The van der Waals surface area contributed by atoms with Crippen molar-refractivity contribution in [1.29, 1.82) is 0 Å². The molecular weight excluding hydrogens is 358 g/mol. The highest BCUT2D eigenvalue weighted by molar-refractivity contribution is 9.18. The molecule has 1 aliphatic rings. The van der Waals surface area contributed by atoms with Gasteiger partial charge in [0.1, 0.15) is 17.5 Å². The monoisotopic (exact) mass is 371 g/mol. The Hall–Kier alpha value is -1.38. The average Bonchev–Trinajstić information content (AvgIpc) is 2.28. The number of aliphatic imine (C=N–C) groups is 2. The average molecular weight is 372 g/mol. The van der Waals surface area contributed by atoms with E-state index in [2.05, 4.69) is 25.9 Å². The lowest BCUT2D eigenvalue weighted by Crippen LogP contribution is -2.26. The highest BCUT2D eigenvalue weighted by Crippen LogP contribution is 2.39. The van der Waals surface area contributed by atoms with Gasteiger partial charge in [0.2, 0.25) is 0 Å². The molecule has 2 N–H and O–H groups in total. The molecule has 0 spiro atoms. The van der Waals surface area contributed by atoms with Crippen LogP contribution in [0.1, 0.15) is 20.3 Å². The Labute approximate surface area is 127 Å². The van der Waals surface area contributed by atoms with E-state index in [0.717, 1.165) is 12.2 Å². The number of ether oxygens (including phenoxy) is 1. The van der Waals surface area contributed by atoms with Gasteiger partial charge in [-0.1, -0.05) is 0 Å². The van der Waals surface area contributed by atoms with E-state index in [1.54, 1.807) is 13.8 Å². The van der Waals surface area contributed by atoms with Crippen molar-refractivity contribution >= 4 is 26.7 Å². The van der Waals surface area contributed by atoms with Crippen LogP contribution in [0.15, 0.2) is 33.7 Å². The molecular formula is C12H14BrF4N3O. The first-order chi connectivity index (χ1) is 9.59. The molecule has 0 aliphatic heterocycles. The van der Waals surface area contributed by atoms with Crippen LogP contribution in [0.2, 0.25) is 0 Å². The van der Waals surface area contributed by atoms with Crippen LogP contribution in [0.25, 0.3) is 0 Å². The summed E-state index contributed by atoms with van der Waals surface area (Å²) in [4.78, 5) is 7.70. The quantitative estimate of drug-likeness (QED) is 0.347. The lowest BCUT2D eigenvalue weighted by atomic mass is 9.97. The zero-order chi connectivity index (χ0) is 16.2. The lowest BCUT2D eigenvalue weighted by molar-refractivity contribution is -0.169. The fraction of sp³-hybridized carbons (Fsp3) is 0.500. The van der Waals surface area contributed by atoms with E-state index >= 15 is 0 Å². The summed E-state index contributed by atoms with van der Waals surface area (Å²) in [5, 5.41) is 0. The Bertz CT molecular complexity index is 505. The summed E-state index contributed by atoms with van der Waals surface area (Å²) in [5.41, 5.74) is 5.33. The molecule has 4 nitrogen and oxygen atoms in total. The third-order valence-corrected chi connectivity index (χ3v) is 2.53. The van der Waals surface area contributed by atoms with Crippen LogP contribution >= 0.6 is 15.9 Å². The summed E-state index contributed by atoms with van der Waals surface area (Å²) in [6.45, 7) is 3.47. The van der Waals surface area contributed by atoms with Crippen molar-refractivity contribution in [3.8, 4) is 0 Å². The Morgan fingerprint density at radius 2 is 2.05 bits per heavy atom. The molecule has 1 rings (SSSR count). The topological polar surface area (TPSA) is 60.0 Å². The van der Waals surface area contributed by atoms with Gasteiger partial charge in [0, 0.05) is 12.5 Å². The maximum Gasteiger partial charge on any atom is 0.398 e. The van der Waals surface area contributed by atoms with Crippen molar-refractivity contribution < 1.29 is 22.3 Å². The molecule has 1 atom stereocenters. The van der Waals surface area contributed by atoms with Gasteiger partial charge in [0.15, 0.2) is 4.74 Å². The van der Waals surface area contributed by atoms with Gasteiger partial charge < -0.3 is 10.5 Å². The Morgan fingerprint density at radius 3 is 2.52 bits per heavy atom. The number of alkyl halides is 3. The van der Waals surface area contributed by atoms with Crippen LogP contribution in [0, 0.1) is 5.92 Å². The van der Waals surface area contributed by atoms with Crippen LogP contribution in [0.3, 0.4) is 0 Å². The molecule has 21 heavy (non-hydrogen) atoms. The van der Waals surface area contributed by atoms with Crippen LogP contribution < -0.4 is 5.73 Å². The first-order valence-corrected chi connectivity index (χ1v) is 6.77. The molecule has 0 saturated carbocycles. The number of hydrogen-bond acceptors (Lipinski definition) is 2. The fourth-order valence-corrected chi connectivity index (χ4v) is 1.66. The molecule has 118 valence electrons. The zero-order valence-electron chi connectivity index (χ0n) is 11.3. The molecule has 0 aromatic rings. The van der Waals surface area contributed by atoms with E-state index < -0.39 is 24.3 Å². The Kier molecular flexibility index (Phi) is 5.94. The third-order valence-electron chi connectivity index (χ3n) is 2.36. The molecule has 0 bridgehead atoms. The van der Waals surface area contributed by atoms with Crippen LogP contribution in [-0.4, -0.2) is 23.0 Å². The highest BCUT2D eigenvalue weighted by atomic mass is 79.9. The van der Waals surface area contributed by atoms with E-state index in [0.29, 0.717) is 0 Å². The van der Waals surface area contributed by atoms with E-state index in [1.165, 1.54) is 0 Å². The fourth-order valence-electron chi connectivity index (χ4n) is 1.51. The smallest absolute Gasteiger partial charge is 0.398 e. The number of amidine groups is 2. The number of hydrogen-bond donors (Lipinski definition) is 1. The third kappa shape index (κ3) is 5.86. The van der Waals surface area contributed by atoms with Crippen molar-refractivity contribution in [3.63, 3.8) is 0 Å². The van der Waals surface area contributed by atoms with Crippen LogP contribution in [-0.2, 0) is 4.74 Å². The summed E-state index contributed by atoms with van der Waals surface area (Å²) >= 11 is 2.88. The van der Waals surface area contributed by atoms with E-state index in [-0.39, 0.29) is 22.6 Å². The number of nitrogens with two attached hydrogens (primary N) is 1. The predicted octanol–water partition coefficient (Wildman–Crippen LogP) is 3.80. The highest BCUT2D eigenvalue weighted by Gasteiger charge is 2.44. The standard InChI is InChI=1S/C12H14BrF4N3O/c1-6(2)19-11(20-10(13)18)21-7-3-4-9(14)8(5-7)12(15,16)17/h3-4,6,8H,5H2,1-2H3,(H2,18,19,20). The second-order valence-corrected chi connectivity index (χ2v) is 5.34. The maximum atomic E-state index is 13.2. The number of rotatable bonds is 2. The Morgan fingerprint density at radius 1 is 1.43 bits per heavy atom. The normalized spacial score (nSPS) is 21.2. The summed E-state index contributed by atoms with van der Waals surface area (Å²) in [5.74, 6) is -3.56. The van der Waals surface area contributed by atoms with Gasteiger partial charge in [-0.3, -0.25) is 0 Å². The summed E-state index contributed by atoms with van der Waals surface area (Å²) in [6, 6.07) is -0.396. The molecule has 1 aliphatic carbocycles. The van der Waals surface area contributed by atoms with Crippen LogP contribution in [0.4, 0.5) is 17.6 Å². The van der Waals surface area contributed by atoms with Gasteiger partial charge in [-0.25, -0.2) is 9.38 Å². The molecule has 0 saturated heterocycles. The molecule has 9 heteroatoms. The minimum absolute atomic E-state index is 0.0348. The SMILES string of the molecule is CC(C)N=C(/N=C(\N)Br)OC1=CC=C(F)C(C(F)(F)F)C1. The van der Waals surface area contributed by atoms with Crippen molar-refractivity contribution in [2.75, 3.05) is 0 Å². The van der Waals surface area contributed by atoms with Gasteiger partial charge >= 0.3 is 12.2 Å². The zero-order valence-corrected chi connectivity index (χ0v) is 12.9.